The third-order valence-electron chi connectivity index (χ3n) is 9.29. The van der Waals surface area contributed by atoms with E-state index in [9.17, 15) is 24.5 Å². The Morgan fingerprint density at radius 2 is 1.93 bits per heavy atom. The molecular formula is C34H40BBrN2O7. The number of rotatable bonds is 12. The monoisotopic (exact) mass is 678 g/mol. The number of carboxylic acid groups (broad SMARTS) is 1. The number of hydrogen-bond acceptors (Lipinski definition) is 7. The number of nitrogens with zero attached hydrogens (tertiary/aromatic N) is 2. The number of phenolic OH excluding ortho intramolecular Hbond substituents is 1. The Kier molecular flexibility index (Phi) is 10.6. The number of aromatic hydroxyl groups is 1. The summed E-state index contributed by atoms with van der Waals surface area (Å²) in [5, 5.41) is 30.4. The average Bonchev–Trinajstić information content (AvgIpc) is 3.24. The second kappa shape index (κ2) is 14.4. The summed E-state index contributed by atoms with van der Waals surface area (Å²) in [7, 11) is -1.07. The number of carbonyl (C=O) groups excluding carboxylic acids is 2. The number of halogens is 1. The summed E-state index contributed by atoms with van der Waals surface area (Å²) in [6.45, 7) is 4.48. The maximum Gasteiger partial charge on any atom is 0.455 e. The van der Waals surface area contributed by atoms with Gasteiger partial charge in [0.05, 0.1) is 23.6 Å². The second-order valence-corrected chi connectivity index (χ2v) is 13.5. The molecule has 45 heavy (non-hydrogen) atoms. The van der Waals surface area contributed by atoms with Gasteiger partial charge in [0, 0.05) is 29.2 Å². The Bertz CT molecular complexity index is 1490. The number of benzene rings is 1. The predicted octanol–water partition coefficient (Wildman–Crippen LogP) is 5.97. The molecule has 2 amide bonds. The summed E-state index contributed by atoms with van der Waals surface area (Å²) in [5.74, 6) is -2.24. The molecule has 2 saturated heterocycles. The Morgan fingerprint density at radius 3 is 2.64 bits per heavy atom. The first-order chi connectivity index (χ1) is 21.5. The largest absolute Gasteiger partial charge is 0.507 e. The fourth-order valence-corrected chi connectivity index (χ4v) is 7.58. The van der Waals surface area contributed by atoms with Crippen molar-refractivity contribution in [1.29, 1.82) is 0 Å². The fraction of sp³-hybridized carbons (Fsp3) is 0.471. The molecule has 0 bridgehead atoms. The summed E-state index contributed by atoms with van der Waals surface area (Å²) < 4.78 is 7.03. The summed E-state index contributed by atoms with van der Waals surface area (Å²) in [5.41, 5.74) is 4.46. The summed E-state index contributed by atoms with van der Waals surface area (Å²) in [6.07, 6.45) is 6.75. The van der Waals surface area contributed by atoms with E-state index in [1.807, 2.05) is 30.3 Å². The lowest BCUT2D eigenvalue weighted by atomic mass is 9.57. The summed E-state index contributed by atoms with van der Waals surface area (Å²) in [4.78, 5) is 44.2. The third-order valence-corrected chi connectivity index (χ3v) is 9.79. The van der Waals surface area contributed by atoms with E-state index in [1.54, 1.807) is 18.3 Å². The van der Waals surface area contributed by atoms with Gasteiger partial charge in [0.2, 0.25) is 11.8 Å². The Balaban J connectivity index is 1.41. The Labute approximate surface area is 272 Å². The SMILES string of the molecule is CC(C)C1=C2[C@@H](CC/C(=C/c3cc(Br)ccc3O)c3ccccn3)OB(O)C[C@@H]2[C@@H]2C(=O)N(CCCCCC(=O)O)C(=O)[C@@H]2C1. The van der Waals surface area contributed by atoms with E-state index in [4.69, 9.17) is 9.76 Å². The van der Waals surface area contributed by atoms with E-state index in [0.717, 1.165) is 26.9 Å². The van der Waals surface area contributed by atoms with Crippen molar-refractivity contribution in [3.63, 3.8) is 0 Å². The molecular weight excluding hydrogens is 639 g/mol. The molecule has 238 valence electrons. The normalized spacial score (nSPS) is 23.5. The zero-order valence-corrected chi connectivity index (χ0v) is 27.3. The first kappa shape index (κ1) is 33.1. The van der Waals surface area contributed by atoms with Gasteiger partial charge in [-0.25, -0.2) is 0 Å². The first-order valence-corrected chi connectivity index (χ1v) is 16.6. The molecule has 0 spiro atoms. The van der Waals surface area contributed by atoms with Crippen LogP contribution in [0.2, 0.25) is 6.32 Å². The number of hydrogen-bond donors (Lipinski definition) is 3. The number of unbranched alkanes of at least 4 members (excludes halogenated alkanes) is 2. The molecule has 11 heteroatoms. The number of pyridine rings is 1. The van der Waals surface area contributed by atoms with Gasteiger partial charge in [-0.05, 0) is 97.8 Å². The highest BCUT2D eigenvalue weighted by atomic mass is 79.9. The van der Waals surface area contributed by atoms with Crippen LogP contribution < -0.4 is 0 Å². The van der Waals surface area contributed by atoms with Crippen LogP contribution in [0, 0.1) is 23.7 Å². The molecule has 0 radical (unpaired) electrons. The van der Waals surface area contributed by atoms with E-state index in [-0.39, 0.29) is 48.7 Å². The number of aliphatic carboxylic acids is 1. The smallest absolute Gasteiger partial charge is 0.455 e. The Hall–Kier alpha value is -3.28. The van der Waals surface area contributed by atoms with Crippen molar-refractivity contribution < 1.29 is 34.3 Å². The van der Waals surface area contributed by atoms with Crippen LogP contribution >= 0.6 is 15.9 Å². The zero-order valence-electron chi connectivity index (χ0n) is 25.7. The van der Waals surface area contributed by atoms with Crippen molar-refractivity contribution in [2.75, 3.05) is 6.54 Å². The molecule has 5 rings (SSSR count). The molecule has 1 aromatic heterocycles. The number of likely N-dealkylation sites (tertiary alicyclic amines) is 1. The van der Waals surface area contributed by atoms with Gasteiger partial charge in [-0.2, -0.15) is 0 Å². The molecule has 3 heterocycles. The number of fused-ring (bicyclic) bond motifs is 3. The standard InChI is InChI=1S/C34H40BBrN2O7/c1-20(2)24-18-25-32(34(43)38(33(25)42)15-7-3-4-9-30(40)41)26-19-35(44)45-29(31(24)26)13-10-21(27-8-5-6-14-37-27)16-22-17-23(36)11-12-28(22)39/h5-6,8,11-12,14,16-17,20,25-26,29,32,39,44H,3-4,7,9-10,13,15,18-19H2,1-2H3,(H,40,41)/b21-16-/t25-,26+,29-,32-/m1/s1. The number of allylic oxidation sites excluding steroid dienone is 2. The molecule has 2 fully saturated rings. The van der Waals surface area contributed by atoms with Gasteiger partial charge < -0.3 is 19.9 Å². The van der Waals surface area contributed by atoms with Crippen molar-refractivity contribution in [1.82, 2.24) is 9.88 Å². The summed E-state index contributed by atoms with van der Waals surface area (Å²) in [6, 6.07) is 10.9. The van der Waals surface area contributed by atoms with Gasteiger partial charge in [-0.15, -0.1) is 0 Å². The molecule has 1 aromatic carbocycles. The highest BCUT2D eigenvalue weighted by molar-refractivity contribution is 9.10. The molecule has 1 aliphatic carbocycles. The molecule has 2 aromatic rings. The molecule has 3 N–H and O–H groups in total. The first-order valence-electron chi connectivity index (χ1n) is 15.8. The van der Waals surface area contributed by atoms with Gasteiger partial charge in [-0.3, -0.25) is 24.3 Å². The molecule has 2 aliphatic heterocycles. The van der Waals surface area contributed by atoms with Crippen LogP contribution in [0.5, 0.6) is 5.75 Å². The fourth-order valence-electron chi connectivity index (χ4n) is 7.20. The lowest BCUT2D eigenvalue weighted by Gasteiger charge is -2.44. The molecule has 0 saturated carbocycles. The van der Waals surface area contributed by atoms with Crippen molar-refractivity contribution in [2.45, 2.75) is 71.2 Å². The van der Waals surface area contributed by atoms with Gasteiger partial charge in [-0.1, -0.05) is 47.8 Å². The minimum atomic E-state index is -1.07. The minimum Gasteiger partial charge on any atom is -0.507 e. The van der Waals surface area contributed by atoms with Crippen LogP contribution in [0.1, 0.15) is 70.1 Å². The number of carbonyl (C=O) groups is 3. The van der Waals surface area contributed by atoms with E-state index < -0.39 is 31.0 Å². The van der Waals surface area contributed by atoms with Gasteiger partial charge >= 0.3 is 13.1 Å². The Morgan fingerprint density at radius 1 is 1.13 bits per heavy atom. The van der Waals surface area contributed by atoms with E-state index in [2.05, 4.69) is 34.8 Å². The number of imide groups is 1. The molecule has 9 nitrogen and oxygen atoms in total. The van der Waals surface area contributed by atoms with E-state index in [0.29, 0.717) is 44.1 Å². The summed E-state index contributed by atoms with van der Waals surface area (Å²) >= 11 is 3.48. The molecule has 0 unspecified atom stereocenters. The van der Waals surface area contributed by atoms with Gasteiger partial charge in [0.1, 0.15) is 5.75 Å². The lowest BCUT2D eigenvalue weighted by Crippen LogP contribution is -2.46. The highest BCUT2D eigenvalue weighted by Crippen LogP contribution is 2.52. The predicted molar refractivity (Wildman–Crippen MR) is 175 cm³/mol. The van der Waals surface area contributed by atoms with Crippen LogP contribution in [0.25, 0.3) is 11.6 Å². The maximum absolute atomic E-state index is 13.8. The van der Waals surface area contributed by atoms with E-state index in [1.165, 1.54) is 4.90 Å². The number of carboxylic acids is 1. The maximum atomic E-state index is 13.8. The van der Waals surface area contributed by atoms with Crippen molar-refractivity contribution >= 4 is 52.5 Å². The highest BCUT2D eigenvalue weighted by Gasteiger charge is 2.57. The quantitative estimate of drug-likeness (QED) is 0.108. The van der Waals surface area contributed by atoms with Gasteiger partial charge in [0.25, 0.3) is 0 Å². The van der Waals surface area contributed by atoms with Crippen LogP contribution in [-0.4, -0.2) is 62.7 Å². The second-order valence-electron chi connectivity index (χ2n) is 12.6. The van der Waals surface area contributed by atoms with Crippen molar-refractivity contribution in [3.05, 3.63) is 69.5 Å². The zero-order chi connectivity index (χ0) is 32.2. The van der Waals surface area contributed by atoms with Crippen LogP contribution in [-0.2, 0) is 19.0 Å². The molecule has 4 atom stereocenters. The number of amides is 2. The van der Waals surface area contributed by atoms with E-state index >= 15 is 0 Å². The van der Waals surface area contributed by atoms with Crippen LogP contribution in [0.4, 0.5) is 0 Å². The van der Waals surface area contributed by atoms with Crippen molar-refractivity contribution in [3.8, 4) is 5.75 Å². The minimum absolute atomic E-state index is 0.0703. The number of phenols is 1. The average molecular weight is 679 g/mol. The third kappa shape index (κ3) is 7.42. The topological polar surface area (TPSA) is 137 Å². The lowest BCUT2D eigenvalue weighted by molar-refractivity contribution is -0.141. The van der Waals surface area contributed by atoms with Gasteiger partial charge in [0.15, 0.2) is 0 Å². The molecule has 3 aliphatic rings. The van der Waals surface area contributed by atoms with Crippen LogP contribution in [0.15, 0.2) is 58.2 Å². The number of aromatic nitrogens is 1. The van der Waals surface area contributed by atoms with Crippen molar-refractivity contribution in [2.24, 2.45) is 23.7 Å². The van der Waals surface area contributed by atoms with Crippen LogP contribution in [0.3, 0.4) is 0 Å².